The minimum absolute atomic E-state index is 0. The summed E-state index contributed by atoms with van der Waals surface area (Å²) in [7, 11) is 0. The fraction of sp³-hybridized carbons (Fsp3) is 0.400. The van der Waals surface area contributed by atoms with Gasteiger partial charge in [-0.3, -0.25) is 0 Å². The first-order valence-electron chi connectivity index (χ1n) is 5.86. The van der Waals surface area contributed by atoms with Crippen molar-refractivity contribution in [3.05, 3.63) is 53.3 Å². The van der Waals surface area contributed by atoms with Crippen LogP contribution in [0.3, 0.4) is 0 Å². The molecule has 0 radical (unpaired) electrons. The Hall–Kier alpha value is -0.0757. The predicted octanol–water partition coefficient (Wildman–Crippen LogP) is -2.38. The molecule has 0 amide bonds. The molecule has 1 aliphatic rings. The molecular formula is C15H19Cl2NTi. The second-order valence-electron chi connectivity index (χ2n) is 5.34. The number of aromatic amines is 1. The molecule has 1 nitrogen and oxygen atoms in total. The number of halogens is 2. The Balaban J connectivity index is 0. The summed E-state index contributed by atoms with van der Waals surface area (Å²) >= 11 is 0. The predicted molar refractivity (Wildman–Crippen MR) is 67.8 cm³/mol. The number of hydrogen-bond acceptors (Lipinski definition) is 0. The van der Waals surface area contributed by atoms with Gasteiger partial charge in [-0.05, 0) is 5.41 Å². The monoisotopic (exact) mass is 331 g/mol. The van der Waals surface area contributed by atoms with Crippen molar-refractivity contribution in [3.8, 4) is 0 Å². The largest absolute Gasteiger partial charge is 4.00 e. The van der Waals surface area contributed by atoms with Crippen molar-refractivity contribution in [2.45, 2.75) is 39.0 Å². The van der Waals surface area contributed by atoms with Gasteiger partial charge in [0.05, 0.1) is 0 Å². The van der Waals surface area contributed by atoms with Crippen LogP contribution in [0, 0.1) is 6.20 Å². The number of nitrogens with one attached hydrogen (secondary N) is 1. The van der Waals surface area contributed by atoms with Crippen LogP contribution in [0.5, 0.6) is 0 Å². The van der Waals surface area contributed by atoms with Crippen LogP contribution in [0.25, 0.3) is 0 Å². The van der Waals surface area contributed by atoms with Gasteiger partial charge in [0.25, 0.3) is 0 Å². The van der Waals surface area contributed by atoms with Crippen LogP contribution in [0.15, 0.2) is 30.5 Å². The minimum atomic E-state index is 0. The Kier molecular flexibility index (Phi) is 10.0. The Morgan fingerprint density at radius 1 is 1.21 bits per heavy atom. The van der Waals surface area contributed by atoms with Gasteiger partial charge in [-0.1, -0.05) is 33.6 Å². The molecule has 2 aromatic rings. The number of aromatic nitrogens is 1. The molecule has 3 rings (SSSR count). The Morgan fingerprint density at radius 2 is 1.89 bits per heavy atom. The molecule has 0 unspecified atom stereocenters. The molecule has 4 heteroatoms. The fourth-order valence-electron chi connectivity index (χ4n) is 1.80. The SMILES string of the molecule is CC(C)(C)c1[c-][nH]cc1.[Cl-].[Cl-].[Ti+4].c1cc2[c-](c1)CC2. The molecule has 0 aliphatic heterocycles. The van der Waals surface area contributed by atoms with E-state index < -0.39 is 0 Å². The standard InChI is InChI=1S/C8H12N.C7H7.2ClH.Ti/c1-8(2,3)7-4-5-9-6-7;1-2-6-4-5-7(6)3-1;;;/h4-5,9H,1-3H3;1-3H,4-5H2;2*1H;/q2*-1;;;+4/p-2. The van der Waals surface area contributed by atoms with Gasteiger partial charge < -0.3 is 29.8 Å². The van der Waals surface area contributed by atoms with E-state index in [0.29, 0.717) is 0 Å². The molecule has 102 valence electrons. The number of fused-ring (bicyclic) bond motifs is 1. The zero-order valence-electron chi connectivity index (χ0n) is 11.6. The van der Waals surface area contributed by atoms with Gasteiger partial charge in [-0.25, -0.2) is 12.1 Å². The maximum atomic E-state index is 3.05. The van der Waals surface area contributed by atoms with Crippen LogP contribution in [-0.4, -0.2) is 4.98 Å². The van der Waals surface area contributed by atoms with Crippen LogP contribution in [0.1, 0.15) is 37.5 Å². The van der Waals surface area contributed by atoms with Gasteiger partial charge >= 0.3 is 21.7 Å². The van der Waals surface area contributed by atoms with Crippen molar-refractivity contribution in [2.75, 3.05) is 0 Å². The molecule has 1 aliphatic carbocycles. The summed E-state index contributed by atoms with van der Waals surface area (Å²) in [5, 5.41) is 0. The topological polar surface area (TPSA) is 15.8 Å². The third-order valence-corrected chi connectivity index (χ3v) is 3.02. The third-order valence-electron chi connectivity index (χ3n) is 3.02. The van der Waals surface area contributed by atoms with Gasteiger partial charge in [0.1, 0.15) is 0 Å². The molecule has 19 heavy (non-hydrogen) atoms. The van der Waals surface area contributed by atoms with Crippen molar-refractivity contribution in [1.82, 2.24) is 4.98 Å². The van der Waals surface area contributed by atoms with E-state index in [-0.39, 0.29) is 51.9 Å². The third kappa shape index (κ3) is 5.83. The van der Waals surface area contributed by atoms with Gasteiger partial charge in [-0.15, -0.1) is 11.8 Å². The Morgan fingerprint density at radius 3 is 2.11 bits per heavy atom. The normalized spacial score (nSPS) is 11.3. The average Bonchev–Trinajstić information content (AvgIpc) is 2.76. The second-order valence-corrected chi connectivity index (χ2v) is 5.34. The van der Waals surface area contributed by atoms with Crippen LogP contribution >= 0.6 is 0 Å². The summed E-state index contributed by atoms with van der Waals surface area (Å²) in [6.45, 7) is 6.52. The van der Waals surface area contributed by atoms with E-state index in [0.717, 1.165) is 0 Å². The number of aryl methyl sites for hydroxylation is 2. The summed E-state index contributed by atoms with van der Waals surface area (Å²) in [6.07, 6.45) is 7.60. The maximum absolute atomic E-state index is 3.05. The second kappa shape index (κ2) is 8.97. The van der Waals surface area contributed by atoms with Crippen molar-refractivity contribution < 1.29 is 46.5 Å². The van der Waals surface area contributed by atoms with Crippen molar-refractivity contribution >= 4 is 0 Å². The smallest absolute Gasteiger partial charge is 1.00 e. The quantitative estimate of drug-likeness (QED) is 0.410. The zero-order valence-corrected chi connectivity index (χ0v) is 14.6. The molecule has 0 bridgehead atoms. The Bertz CT molecular complexity index is 422. The molecule has 0 atom stereocenters. The fourth-order valence-corrected chi connectivity index (χ4v) is 1.80. The van der Waals surface area contributed by atoms with Crippen LogP contribution < -0.4 is 24.8 Å². The first kappa shape index (κ1) is 21.2. The van der Waals surface area contributed by atoms with Crippen LogP contribution in [-0.2, 0) is 40.0 Å². The molecule has 0 spiro atoms. The molecular weight excluding hydrogens is 313 g/mol. The van der Waals surface area contributed by atoms with Crippen LogP contribution in [0.2, 0.25) is 0 Å². The van der Waals surface area contributed by atoms with Crippen molar-refractivity contribution in [2.24, 2.45) is 0 Å². The summed E-state index contributed by atoms with van der Waals surface area (Å²) in [5.41, 5.74) is 4.61. The van der Waals surface area contributed by atoms with Gasteiger partial charge in [0, 0.05) is 0 Å². The van der Waals surface area contributed by atoms with Crippen LogP contribution in [0.4, 0.5) is 0 Å². The Labute approximate surface area is 143 Å². The summed E-state index contributed by atoms with van der Waals surface area (Å²) in [5.74, 6) is 0. The number of hydrogen-bond donors (Lipinski definition) is 1. The van der Waals surface area contributed by atoms with E-state index in [1.165, 1.54) is 18.4 Å². The minimum Gasteiger partial charge on any atom is -1.00 e. The molecule has 0 fully saturated rings. The molecule has 1 heterocycles. The first-order chi connectivity index (χ1) is 7.57. The number of H-pyrrole nitrogens is 1. The van der Waals surface area contributed by atoms with E-state index in [1.807, 2.05) is 6.20 Å². The van der Waals surface area contributed by atoms with Gasteiger partial charge in [0.15, 0.2) is 0 Å². The summed E-state index contributed by atoms with van der Waals surface area (Å²) in [4.78, 5) is 2.91. The van der Waals surface area contributed by atoms with E-state index >= 15 is 0 Å². The molecule has 1 aromatic carbocycles. The van der Waals surface area contributed by atoms with E-state index in [4.69, 9.17) is 0 Å². The summed E-state index contributed by atoms with van der Waals surface area (Å²) in [6, 6.07) is 8.61. The van der Waals surface area contributed by atoms with Gasteiger partial charge in [-0.2, -0.15) is 29.5 Å². The molecule has 1 aromatic heterocycles. The average molecular weight is 332 g/mol. The van der Waals surface area contributed by atoms with E-state index in [2.05, 4.69) is 56.2 Å². The zero-order chi connectivity index (χ0) is 11.6. The molecule has 0 saturated carbocycles. The van der Waals surface area contributed by atoms with Crippen molar-refractivity contribution in [3.63, 3.8) is 0 Å². The van der Waals surface area contributed by atoms with E-state index in [1.54, 1.807) is 11.1 Å². The molecule has 1 N–H and O–H groups in total. The summed E-state index contributed by atoms with van der Waals surface area (Å²) < 4.78 is 0. The molecule has 0 saturated heterocycles. The first-order valence-corrected chi connectivity index (χ1v) is 5.86. The van der Waals surface area contributed by atoms with Crippen molar-refractivity contribution in [1.29, 1.82) is 0 Å². The van der Waals surface area contributed by atoms with E-state index in [9.17, 15) is 0 Å². The maximum Gasteiger partial charge on any atom is 4.00 e. The van der Waals surface area contributed by atoms with Gasteiger partial charge in [0.2, 0.25) is 0 Å². The number of rotatable bonds is 0.